The Labute approximate surface area is 141 Å². The smallest absolute Gasteiger partial charge is 0.269 e. The summed E-state index contributed by atoms with van der Waals surface area (Å²) in [6.45, 7) is 1.84. The maximum atomic E-state index is 10.9. The Balaban J connectivity index is 1.73. The molecule has 2 aromatic heterocycles. The van der Waals surface area contributed by atoms with Crippen LogP contribution in [0.4, 0.5) is 5.69 Å². The number of nitro benzene ring substituents is 1. The summed E-state index contributed by atoms with van der Waals surface area (Å²) in [7, 11) is 0. The van der Waals surface area contributed by atoms with Crippen LogP contribution in [0.1, 0.15) is 5.56 Å². The molecule has 0 saturated heterocycles. The summed E-state index contributed by atoms with van der Waals surface area (Å²) in [5.74, 6) is 1.38. The molecule has 0 aliphatic carbocycles. The fraction of sp³-hybridized carbons (Fsp3) is 0.0556. The van der Waals surface area contributed by atoms with E-state index in [-0.39, 0.29) is 5.69 Å². The SMILES string of the molecule is Cc1cc([N+](=O)[O-])ccc1-c1ccc(-c2nc3ccccc3s2)o1. The molecule has 0 amide bonds. The molecule has 0 saturated carbocycles. The number of hydrogen-bond donors (Lipinski definition) is 0. The van der Waals surface area contributed by atoms with Crippen molar-refractivity contribution < 1.29 is 9.34 Å². The van der Waals surface area contributed by atoms with Crippen LogP contribution in [0.15, 0.2) is 59.0 Å². The zero-order chi connectivity index (χ0) is 16.7. The summed E-state index contributed by atoms with van der Waals surface area (Å²) in [5, 5.41) is 11.7. The Morgan fingerprint density at radius 1 is 1.08 bits per heavy atom. The van der Waals surface area contributed by atoms with E-state index in [0.29, 0.717) is 11.5 Å². The number of benzene rings is 2. The summed E-state index contributed by atoms with van der Waals surface area (Å²) in [6, 6.07) is 16.5. The van der Waals surface area contributed by atoms with Crippen LogP contribution in [0, 0.1) is 17.0 Å². The quantitative estimate of drug-likeness (QED) is 0.369. The van der Waals surface area contributed by atoms with Gasteiger partial charge in [-0.3, -0.25) is 10.1 Å². The van der Waals surface area contributed by atoms with Crippen molar-refractivity contribution in [2.75, 3.05) is 0 Å². The van der Waals surface area contributed by atoms with Gasteiger partial charge < -0.3 is 4.42 Å². The molecule has 0 fully saturated rings. The van der Waals surface area contributed by atoms with Gasteiger partial charge in [0.15, 0.2) is 10.8 Å². The highest BCUT2D eigenvalue weighted by Gasteiger charge is 2.14. The molecule has 0 aliphatic rings. The number of nitro groups is 1. The van der Waals surface area contributed by atoms with Crippen LogP contribution in [-0.2, 0) is 0 Å². The molecular formula is C18H12N2O3S. The third-order valence-corrected chi connectivity index (χ3v) is 4.85. The molecule has 2 aromatic carbocycles. The van der Waals surface area contributed by atoms with Crippen LogP contribution < -0.4 is 0 Å². The molecule has 0 radical (unpaired) electrons. The van der Waals surface area contributed by atoms with Gasteiger partial charge in [-0.1, -0.05) is 12.1 Å². The van der Waals surface area contributed by atoms with Crippen LogP contribution in [0.3, 0.4) is 0 Å². The molecule has 5 nitrogen and oxygen atoms in total. The van der Waals surface area contributed by atoms with Gasteiger partial charge in [0.25, 0.3) is 5.69 Å². The van der Waals surface area contributed by atoms with E-state index in [0.717, 1.165) is 26.4 Å². The average molecular weight is 336 g/mol. The number of rotatable bonds is 3. The molecule has 4 aromatic rings. The average Bonchev–Trinajstić information content (AvgIpc) is 3.21. The summed E-state index contributed by atoms with van der Waals surface area (Å²) in [5.41, 5.74) is 2.67. The Bertz CT molecular complexity index is 1030. The van der Waals surface area contributed by atoms with E-state index < -0.39 is 4.92 Å². The molecule has 2 heterocycles. The summed E-state index contributed by atoms with van der Waals surface area (Å²) >= 11 is 1.58. The molecule has 0 unspecified atom stereocenters. The molecular weight excluding hydrogens is 324 g/mol. The number of hydrogen-bond acceptors (Lipinski definition) is 5. The predicted octanol–water partition coefficient (Wildman–Crippen LogP) is 5.44. The lowest BCUT2D eigenvalue weighted by Crippen LogP contribution is -1.89. The van der Waals surface area contributed by atoms with Crippen LogP contribution in [0.2, 0.25) is 0 Å². The molecule has 118 valence electrons. The van der Waals surface area contributed by atoms with E-state index in [1.807, 2.05) is 43.3 Å². The zero-order valence-electron chi connectivity index (χ0n) is 12.7. The lowest BCUT2D eigenvalue weighted by molar-refractivity contribution is -0.384. The Morgan fingerprint density at radius 2 is 1.88 bits per heavy atom. The second-order valence-electron chi connectivity index (χ2n) is 5.41. The molecule has 0 aliphatic heterocycles. The number of fused-ring (bicyclic) bond motifs is 1. The van der Waals surface area contributed by atoms with Crippen molar-refractivity contribution in [2.24, 2.45) is 0 Å². The second-order valence-corrected chi connectivity index (χ2v) is 6.44. The molecule has 4 rings (SSSR count). The second kappa shape index (κ2) is 5.58. The third-order valence-electron chi connectivity index (χ3n) is 3.80. The Hall–Kier alpha value is -2.99. The first kappa shape index (κ1) is 14.6. The van der Waals surface area contributed by atoms with E-state index in [9.17, 15) is 10.1 Å². The van der Waals surface area contributed by atoms with Crippen molar-refractivity contribution >= 4 is 27.2 Å². The lowest BCUT2D eigenvalue weighted by Gasteiger charge is -2.02. The number of aryl methyl sites for hydroxylation is 1. The minimum absolute atomic E-state index is 0.0780. The summed E-state index contributed by atoms with van der Waals surface area (Å²) in [4.78, 5) is 15.0. The highest BCUT2D eigenvalue weighted by atomic mass is 32.1. The van der Waals surface area contributed by atoms with Gasteiger partial charge in [0, 0.05) is 17.7 Å². The van der Waals surface area contributed by atoms with Crippen molar-refractivity contribution in [3.63, 3.8) is 0 Å². The molecule has 0 spiro atoms. The fourth-order valence-electron chi connectivity index (χ4n) is 2.61. The number of thiazole rings is 1. The van der Waals surface area contributed by atoms with Crippen molar-refractivity contribution in [1.29, 1.82) is 0 Å². The molecule has 24 heavy (non-hydrogen) atoms. The molecule has 0 N–H and O–H groups in total. The highest BCUT2D eigenvalue weighted by molar-refractivity contribution is 7.21. The largest absolute Gasteiger partial charge is 0.454 e. The highest BCUT2D eigenvalue weighted by Crippen LogP contribution is 2.35. The maximum absolute atomic E-state index is 10.9. The third kappa shape index (κ3) is 2.47. The standard InChI is InChI=1S/C18H12N2O3S/c1-11-10-12(20(21)22)6-7-13(11)15-8-9-16(23-15)18-19-14-4-2-3-5-17(14)24-18/h2-10H,1H3. The van der Waals surface area contributed by atoms with Crippen molar-refractivity contribution in [1.82, 2.24) is 4.98 Å². The van der Waals surface area contributed by atoms with Gasteiger partial charge in [-0.15, -0.1) is 11.3 Å². The van der Waals surface area contributed by atoms with E-state index in [1.54, 1.807) is 23.5 Å². The van der Waals surface area contributed by atoms with Gasteiger partial charge in [-0.25, -0.2) is 4.98 Å². The number of aromatic nitrogens is 1. The van der Waals surface area contributed by atoms with E-state index in [2.05, 4.69) is 4.98 Å². The van der Waals surface area contributed by atoms with Crippen LogP contribution in [0.5, 0.6) is 0 Å². The van der Waals surface area contributed by atoms with Gasteiger partial charge >= 0.3 is 0 Å². The molecule has 0 bridgehead atoms. The topological polar surface area (TPSA) is 69.2 Å². The van der Waals surface area contributed by atoms with Gasteiger partial charge in [-0.05, 0) is 42.8 Å². The van der Waals surface area contributed by atoms with Gasteiger partial charge in [-0.2, -0.15) is 0 Å². The summed E-state index contributed by atoms with van der Waals surface area (Å²) in [6.07, 6.45) is 0. The normalized spacial score (nSPS) is 11.0. The van der Waals surface area contributed by atoms with Crippen molar-refractivity contribution in [3.05, 3.63) is 70.3 Å². The number of furan rings is 1. The first-order chi connectivity index (χ1) is 11.6. The zero-order valence-corrected chi connectivity index (χ0v) is 13.5. The lowest BCUT2D eigenvalue weighted by atomic mass is 10.1. The first-order valence-corrected chi connectivity index (χ1v) is 8.15. The van der Waals surface area contributed by atoms with Crippen molar-refractivity contribution in [2.45, 2.75) is 6.92 Å². The first-order valence-electron chi connectivity index (χ1n) is 7.33. The van der Waals surface area contributed by atoms with Gasteiger partial charge in [0.1, 0.15) is 5.76 Å². The predicted molar refractivity (Wildman–Crippen MR) is 94.1 cm³/mol. The monoisotopic (exact) mass is 336 g/mol. The van der Waals surface area contributed by atoms with Crippen LogP contribution in [0.25, 0.3) is 32.3 Å². The number of nitrogens with zero attached hydrogens (tertiary/aromatic N) is 2. The van der Waals surface area contributed by atoms with Crippen LogP contribution in [-0.4, -0.2) is 9.91 Å². The van der Waals surface area contributed by atoms with E-state index in [4.69, 9.17) is 4.42 Å². The minimum atomic E-state index is -0.397. The van der Waals surface area contributed by atoms with Gasteiger partial charge in [0.05, 0.1) is 15.1 Å². The Kier molecular flexibility index (Phi) is 3.39. The Morgan fingerprint density at radius 3 is 2.62 bits per heavy atom. The van der Waals surface area contributed by atoms with Gasteiger partial charge in [0.2, 0.25) is 0 Å². The van der Waals surface area contributed by atoms with Crippen LogP contribution >= 0.6 is 11.3 Å². The molecule has 6 heteroatoms. The van der Waals surface area contributed by atoms with Crippen molar-refractivity contribution in [3.8, 4) is 22.1 Å². The minimum Gasteiger partial charge on any atom is -0.454 e. The number of para-hydroxylation sites is 1. The maximum Gasteiger partial charge on any atom is 0.269 e. The molecule has 0 atom stereocenters. The van der Waals surface area contributed by atoms with E-state index >= 15 is 0 Å². The van der Waals surface area contributed by atoms with E-state index in [1.165, 1.54) is 6.07 Å². The fourth-order valence-corrected chi connectivity index (χ4v) is 3.54. The number of non-ortho nitro benzene ring substituents is 1. The summed E-state index contributed by atoms with van der Waals surface area (Å²) < 4.78 is 7.05.